The molecule has 1 N–H and O–H groups in total. The summed E-state index contributed by atoms with van der Waals surface area (Å²) in [5.74, 6) is 0.416. The van der Waals surface area contributed by atoms with Crippen LogP contribution < -0.4 is 10.1 Å². The Morgan fingerprint density at radius 2 is 2.20 bits per heavy atom. The van der Waals surface area contributed by atoms with Crippen LogP contribution in [0.5, 0.6) is 5.75 Å². The van der Waals surface area contributed by atoms with E-state index in [1.165, 1.54) is 0 Å². The van der Waals surface area contributed by atoms with Crippen LogP contribution in [0.4, 0.5) is 0 Å². The number of carbonyl (C=O) groups is 2. The van der Waals surface area contributed by atoms with Crippen LogP contribution in [0.1, 0.15) is 43.5 Å². The number of nitrogens with one attached hydrogen (secondary N) is 1. The van der Waals surface area contributed by atoms with Gasteiger partial charge >= 0.3 is 0 Å². The van der Waals surface area contributed by atoms with Crippen LogP contribution in [0.15, 0.2) is 22.7 Å². The average molecular weight is 342 g/mol. The van der Waals surface area contributed by atoms with E-state index < -0.39 is 6.10 Å². The van der Waals surface area contributed by atoms with Gasteiger partial charge in [-0.05, 0) is 47.5 Å². The molecule has 0 aromatic heterocycles. The van der Waals surface area contributed by atoms with Crippen molar-refractivity contribution in [2.24, 2.45) is 0 Å². The quantitative estimate of drug-likeness (QED) is 0.582. The van der Waals surface area contributed by atoms with Gasteiger partial charge in [-0.25, -0.2) is 0 Å². The zero-order valence-electron chi connectivity index (χ0n) is 11.8. The van der Waals surface area contributed by atoms with Gasteiger partial charge in [0.25, 0.3) is 5.91 Å². The van der Waals surface area contributed by atoms with Crippen molar-refractivity contribution < 1.29 is 14.3 Å². The summed E-state index contributed by atoms with van der Waals surface area (Å²) in [4.78, 5) is 22.5. The number of unbranched alkanes of at least 4 members (excludes halogenated alkanes) is 2. The smallest absolute Gasteiger partial charge is 0.260 e. The van der Waals surface area contributed by atoms with Gasteiger partial charge in [-0.3, -0.25) is 9.59 Å². The molecule has 0 heterocycles. The number of halogens is 1. The van der Waals surface area contributed by atoms with Gasteiger partial charge in [-0.2, -0.15) is 0 Å². The summed E-state index contributed by atoms with van der Waals surface area (Å²) >= 11 is 3.32. The van der Waals surface area contributed by atoms with Gasteiger partial charge in [0.2, 0.25) is 0 Å². The van der Waals surface area contributed by atoms with E-state index in [9.17, 15) is 9.59 Å². The first-order valence-corrected chi connectivity index (χ1v) is 7.57. The monoisotopic (exact) mass is 341 g/mol. The minimum atomic E-state index is -0.574. The number of amides is 1. The molecule has 1 atom stereocenters. The van der Waals surface area contributed by atoms with E-state index in [1.54, 1.807) is 25.1 Å². The second kappa shape index (κ2) is 8.74. The van der Waals surface area contributed by atoms with Gasteiger partial charge in [0, 0.05) is 12.1 Å². The molecule has 1 rings (SSSR count). The molecule has 0 radical (unpaired) electrons. The number of ether oxygens (including phenoxy) is 1. The molecule has 0 aliphatic rings. The summed E-state index contributed by atoms with van der Waals surface area (Å²) in [6.07, 6.45) is 3.40. The van der Waals surface area contributed by atoms with E-state index in [-0.39, 0.29) is 5.91 Å². The number of carbonyl (C=O) groups excluding carboxylic acids is 2. The van der Waals surface area contributed by atoms with Gasteiger partial charge in [0.05, 0.1) is 4.47 Å². The molecule has 1 aromatic rings. The molecule has 0 saturated heterocycles. The molecule has 1 aromatic carbocycles. The maximum Gasteiger partial charge on any atom is 0.260 e. The van der Waals surface area contributed by atoms with Crippen LogP contribution in [0.2, 0.25) is 0 Å². The van der Waals surface area contributed by atoms with Crippen molar-refractivity contribution in [2.45, 2.75) is 39.2 Å². The molecular formula is C15H20BrNO3. The zero-order chi connectivity index (χ0) is 15.0. The highest BCUT2D eigenvalue weighted by Gasteiger charge is 2.15. The Bertz CT molecular complexity index is 462. The average Bonchev–Trinajstić information content (AvgIpc) is 2.45. The maximum atomic E-state index is 11.8. The minimum absolute atomic E-state index is 0.132. The number of hydrogen-bond donors (Lipinski definition) is 1. The molecule has 0 aliphatic carbocycles. The zero-order valence-corrected chi connectivity index (χ0v) is 13.4. The van der Waals surface area contributed by atoms with E-state index in [4.69, 9.17) is 4.74 Å². The van der Waals surface area contributed by atoms with Gasteiger partial charge in [-0.1, -0.05) is 19.8 Å². The van der Waals surface area contributed by atoms with Gasteiger partial charge in [0.15, 0.2) is 6.10 Å². The molecule has 0 aliphatic heterocycles. The summed E-state index contributed by atoms with van der Waals surface area (Å²) in [5.41, 5.74) is 0.556. The highest BCUT2D eigenvalue weighted by atomic mass is 79.9. The molecule has 5 heteroatoms. The van der Waals surface area contributed by atoms with Crippen molar-refractivity contribution in [3.05, 3.63) is 28.2 Å². The van der Waals surface area contributed by atoms with Crippen molar-refractivity contribution in [2.75, 3.05) is 6.54 Å². The first-order chi connectivity index (χ1) is 9.58. The predicted octanol–water partition coefficient (Wildman–Crippen LogP) is 3.34. The molecule has 0 saturated carbocycles. The highest BCUT2D eigenvalue weighted by molar-refractivity contribution is 9.10. The van der Waals surface area contributed by atoms with E-state index in [1.807, 2.05) is 0 Å². The largest absolute Gasteiger partial charge is 0.480 e. The Hall–Kier alpha value is -1.36. The molecule has 4 nitrogen and oxygen atoms in total. The second-order valence-electron chi connectivity index (χ2n) is 4.57. The van der Waals surface area contributed by atoms with Gasteiger partial charge in [0.1, 0.15) is 12.0 Å². The normalized spacial score (nSPS) is 11.8. The third kappa shape index (κ3) is 5.33. The van der Waals surface area contributed by atoms with Crippen LogP contribution in [-0.2, 0) is 4.79 Å². The number of hydrogen-bond acceptors (Lipinski definition) is 3. The van der Waals surface area contributed by atoms with Crippen molar-refractivity contribution in [3.63, 3.8) is 0 Å². The first-order valence-electron chi connectivity index (χ1n) is 6.77. The maximum absolute atomic E-state index is 11.8. The minimum Gasteiger partial charge on any atom is -0.480 e. The van der Waals surface area contributed by atoms with E-state index >= 15 is 0 Å². The molecule has 110 valence electrons. The van der Waals surface area contributed by atoms with E-state index in [0.29, 0.717) is 22.3 Å². The topological polar surface area (TPSA) is 55.4 Å². The van der Waals surface area contributed by atoms with Crippen molar-refractivity contribution in [1.29, 1.82) is 0 Å². The number of aldehydes is 1. The third-order valence-corrected chi connectivity index (χ3v) is 3.46. The highest BCUT2D eigenvalue weighted by Crippen LogP contribution is 2.26. The summed E-state index contributed by atoms with van der Waals surface area (Å²) in [7, 11) is 0. The lowest BCUT2D eigenvalue weighted by Crippen LogP contribution is -2.36. The van der Waals surface area contributed by atoms with Gasteiger partial charge in [-0.15, -0.1) is 0 Å². The Balaban J connectivity index is 2.50. The summed E-state index contributed by atoms with van der Waals surface area (Å²) in [6, 6.07) is 4.99. The molecule has 0 fully saturated rings. The Kier molecular flexibility index (Phi) is 7.30. The lowest BCUT2D eigenvalue weighted by Gasteiger charge is -2.15. The van der Waals surface area contributed by atoms with Crippen molar-refractivity contribution in [3.8, 4) is 5.75 Å². The standard InChI is InChI=1S/C15H20BrNO3/c1-3-4-5-8-17-15(19)11(2)20-14-7-6-12(10-18)9-13(14)16/h6-7,9-11H,3-5,8H2,1-2H3,(H,17,19). The van der Waals surface area contributed by atoms with E-state index in [0.717, 1.165) is 25.5 Å². The van der Waals surface area contributed by atoms with Crippen LogP contribution >= 0.6 is 15.9 Å². The molecule has 20 heavy (non-hydrogen) atoms. The Labute approximate surface area is 128 Å². The molecular weight excluding hydrogens is 322 g/mol. The third-order valence-electron chi connectivity index (χ3n) is 2.84. The predicted molar refractivity (Wildman–Crippen MR) is 82.2 cm³/mol. The molecule has 1 unspecified atom stereocenters. The lowest BCUT2D eigenvalue weighted by molar-refractivity contribution is -0.127. The Morgan fingerprint density at radius 3 is 2.80 bits per heavy atom. The second-order valence-corrected chi connectivity index (χ2v) is 5.42. The Morgan fingerprint density at radius 1 is 1.45 bits per heavy atom. The number of benzene rings is 1. The first kappa shape index (κ1) is 16.7. The van der Waals surface area contributed by atoms with Crippen molar-refractivity contribution >= 4 is 28.1 Å². The molecule has 0 bridgehead atoms. The van der Waals surface area contributed by atoms with Crippen LogP contribution in [0.3, 0.4) is 0 Å². The summed E-state index contributed by atoms with van der Waals surface area (Å²) in [6.45, 7) is 4.49. The van der Waals surface area contributed by atoms with Crippen molar-refractivity contribution in [1.82, 2.24) is 5.32 Å². The summed E-state index contributed by atoms with van der Waals surface area (Å²) < 4.78 is 6.25. The fourth-order valence-electron chi connectivity index (χ4n) is 1.66. The molecule has 1 amide bonds. The van der Waals surface area contributed by atoms with Crippen LogP contribution in [0.25, 0.3) is 0 Å². The number of rotatable bonds is 8. The molecule has 0 spiro atoms. The fraction of sp³-hybridized carbons (Fsp3) is 0.467. The summed E-state index contributed by atoms with van der Waals surface area (Å²) in [5, 5.41) is 2.84. The fourth-order valence-corrected chi connectivity index (χ4v) is 2.15. The van der Waals surface area contributed by atoms with Gasteiger partial charge < -0.3 is 10.1 Å². The van der Waals surface area contributed by atoms with E-state index in [2.05, 4.69) is 28.2 Å². The van der Waals surface area contributed by atoms with Crippen LogP contribution in [0, 0.1) is 0 Å². The SMILES string of the molecule is CCCCCNC(=O)C(C)Oc1ccc(C=O)cc1Br. The lowest BCUT2D eigenvalue weighted by atomic mass is 10.2. The van der Waals surface area contributed by atoms with Crippen LogP contribution in [-0.4, -0.2) is 24.8 Å².